The Morgan fingerprint density at radius 2 is 2.13 bits per heavy atom. The molecule has 0 spiro atoms. The third kappa shape index (κ3) is 1.76. The molecular formula is C10H10N4O. The Morgan fingerprint density at radius 3 is 2.80 bits per heavy atom. The van der Waals surface area contributed by atoms with Gasteiger partial charge in [-0.15, -0.1) is 0 Å². The molecule has 0 amide bonds. The van der Waals surface area contributed by atoms with E-state index < -0.39 is 0 Å². The lowest BCUT2D eigenvalue weighted by molar-refractivity contribution is 0.112. The van der Waals surface area contributed by atoms with Crippen molar-refractivity contribution >= 4 is 6.29 Å². The van der Waals surface area contributed by atoms with E-state index in [4.69, 9.17) is 0 Å². The van der Waals surface area contributed by atoms with Gasteiger partial charge in [0, 0.05) is 5.69 Å². The van der Waals surface area contributed by atoms with Crippen LogP contribution in [0.25, 0.3) is 11.4 Å². The van der Waals surface area contributed by atoms with Crippen LogP contribution in [0, 0.1) is 13.8 Å². The third-order valence-electron chi connectivity index (χ3n) is 2.02. The highest BCUT2D eigenvalue weighted by atomic mass is 16.1. The average Bonchev–Trinajstić information content (AvgIpc) is 2.63. The van der Waals surface area contributed by atoms with Crippen LogP contribution in [-0.2, 0) is 0 Å². The van der Waals surface area contributed by atoms with E-state index >= 15 is 0 Å². The first kappa shape index (κ1) is 9.51. The van der Waals surface area contributed by atoms with E-state index in [-0.39, 0.29) is 0 Å². The fraction of sp³-hybridized carbons (Fsp3) is 0.200. The molecule has 0 atom stereocenters. The molecule has 0 fully saturated rings. The molecule has 5 heteroatoms. The van der Waals surface area contributed by atoms with Crippen molar-refractivity contribution in [2.24, 2.45) is 0 Å². The molecule has 2 heterocycles. The zero-order valence-electron chi connectivity index (χ0n) is 8.48. The molecule has 1 N–H and O–H groups in total. The molecule has 0 bridgehead atoms. The summed E-state index contributed by atoms with van der Waals surface area (Å²) >= 11 is 0. The normalized spacial score (nSPS) is 10.3. The number of aryl methyl sites for hydroxylation is 2. The zero-order chi connectivity index (χ0) is 10.8. The van der Waals surface area contributed by atoms with E-state index in [2.05, 4.69) is 20.2 Å². The minimum atomic E-state index is 0.507. The second-order valence-corrected chi connectivity index (χ2v) is 3.26. The van der Waals surface area contributed by atoms with E-state index in [1.807, 2.05) is 19.9 Å². The van der Waals surface area contributed by atoms with Gasteiger partial charge in [-0.3, -0.25) is 9.89 Å². The number of hydrogen-bond donors (Lipinski definition) is 1. The Hall–Kier alpha value is -2.04. The quantitative estimate of drug-likeness (QED) is 0.745. The number of hydrogen-bond acceptors (Lipinski definition) is 4. The number of aromatic amines is 1. The summed E-state index contributed by atoms with van der Waals surface area (Å²) in [6.45, 7) is 3.70. The third-order valence-corrected chi connectivity index (χ3v) is 2.02. The predicted molar refractivity (Wildman–Crippen MR) is 54.5 cm³/mol. The van der Waals surface area contributed by atoms with Crippen LogP contribution in [0.2, 0.25) is 0 Å². The van der Waals surface area contributed by atoms with Crippen molar-refractivity contribution in [3.63, 3.8) is 0 Å². The first-order chi connectivity index (χ1) is 7.20. The molecule has 0 aromatic carbocycles. The molecule has 76 valence electrons. The molecule has 0 saturated carbocycles. The van der Waals surface area contributed by atoms with Crippen LogP contribution < -0.4 is 0 Å². The van der Waals surface area contributed by atoms with Gasteiger partial charge in [-0.05, 0) is 19.9 Å². The van der Waals surface area contributed by atoms with Gasteiger partial charge in [-0.1, -0.05) is 0 Å². The largest absolute Gasteiger partial charge is 0.298 e. The molecule has 0 aliphatic heterocycles. The van der Waals surface area contributed by atoms with Gasteiger partial charge in [0.25, 0.3) is 0 Å². The van der Waals surface area contributed by atoms with Gasteiger partial charge in [0.05, 0.1) is 23.1 Å². The van der Waals surface area contributed by atoms with E-state index in [1.165, 1.54) is 6.20 Å². The molecule has 2 aromatic heterocycles. The maximum atomic E-state index is 10.7. The van der Waals surface area contributed by atoms with E-state index in [0.29, 0.717) is 22.8 Å². The van der Waals surface area contributed by atoms with Crippen LogP contribution >= 0.6 is 0 Å². The van der Waals surface area contributed by atoms with E-state index in [9.17, 15) is 4.79 Å². The molecule has 2 rings (SSSR count). The van der Waals surface area contributed by atoms with E-state index in [0.717, 1.165) is 12.0 Å². The van der Waals surface area contributed by atoms with Crippen molar-refractivity contribution in [1.82, 2.24) is 20.2 Å². The minimum Gasteiger partial charge on any atom is -0.298 e. The molecule has 15 heavy (non-hydrogen) atoms. The van der Waals surface area contributed by atoms with Gasteiger partial charge in [-0.2, -0.15) is 5.10 Å². The maximum Gasteiger partial charge on any atom is 0.153 e. The summed E-state index contributed by atoms with van der Waals surface area (Å²) in [6.07, 6.45) is 2.24. The van der Waals surface area contributed by atoms with Crippen molar-refractivity contribution in [1.29, 1.82) is 0 Å². The molecule has 0 unspecified atom stereocenters. The van der Waals surface area contributed by atoms with Crippen LogP contribution in [-0.4, -0.2) is 26.5 Å². The number of H-pyrrole nitrogens is 1. The highest BCUT2D eigenvalue weighted by Crippen LogP contribution is 2.17. The Kier molecular flexibility index (Phi) is 2.29. The number of rotatable bonds is 2. The molecular weight excluding hydrogens is 192 g/mol. The van der Waals surface area contributed by atoms with Gasteiger partial charge >= 0.3 is 0 Å². The molecule has 2 aromatic rings. The molecule has 5 nitrogen and oxygen atoms in total. The highest BCUT2D eigenvalue weighted by molar-refractivity contribution is 5.84. The van der Waals surface area contributed by atoms with Crippen molar-refractivity contribution < 1.29 is 4.79 Å². The summed E-state index contributed by atoms with van der Waals surface area (Å²) in [6, 6.07) is 1.81. The SMILES string of the molecule is Cc1cc(-c2[nH]ncc2C=O)nc(C)n1. The molecule has 0 aliphatic carbocycles. The Morgan fingerprint density at radius 1 is 1.33 bits per heavy atom. The average molecular weight is 202 g/mol. The van der Waals surface area contributed by atoms with Crippen molar-refractivity contribution in [2.75, 3.05) is 0 Å². The van der Waals surface area contributed by atoms with Gasteiger partial charge in [0.15, 0.2) is 6.29 Å². The van der Waals surface area contributed by atoms with Crippen LogP contribution in [0.3, 0.4) is 0 Å². The topological polar surface area (TPSA) is 71.5 Å². The lowest BCUT2D eigenvalue weighted by atomic mass is 10.2. The van der Waals surface area contributed by atoms with Crippen LogP contribution in [0.4, 0.5) is 0 Å². The van der Waals surface area contributed by atoms with Crippen LogP contribution in [0.15, 0.2) is 12.3 Å². The summed E-state index contributed by atoms with van der Waals surface area (Å²) < 4.78 is 0. The number of nitrogens with one attached hydrogen (secondary N) is 1. The first-order valence-electron chi connectivity index (χ1n) is 4.52. The van der Waals surface area contributed by atoms with Gasteiger partial charge < -0.3 is 0 Å². The minimum absolute atomic E-state index is 0.507. The maximum absolute atomic E-state index is 10.7. The number of aromatic nitrogens is 4. The number of carbonyl (C=O) groups excluding carboxylic acids is 1. The van der Waals surface area contributed by atoms with Gasteiger partial charge in [-0.25, -0.2) is 9.97 Å². The fourth-order valence-corrected chi connectivity index (χ4v) is 1.43. The molecule has 0 aliphatic rings. The second kappa shape index (κ2) is 3.61. The Labute approximate surface area is 86.6 Å². The summed E-state index contributed by atoms with van der Waals surface area (Å²) in [4.78, 5) is 19.1. The van der Waals surface area contributed by atoms with Crippen LogP contribution in [0.5, 0.6) is 0 Å². The standard InChI is InChI=1S/C10H10N4O/c1-6-3-9(13-7(2)12-6)10-8(5-15)4-11-14-10/h3-5H,1-2H3,(H,11,14). The van der Waals surface area contributed by atoms with Crippen molar-refractivity contribution in [3.8, 4) is 11.4 Å². The summed E-state index contributed by atoms with van der Waals surface area (Å²) in [7, 11) is 0. The summed E-state index contributed by atoms with van der Waals surface area (Å²) in [5, 5.41) is 6.57. The monoisotopic (exact) mass is 202 g/mol. The zero-order valence-corrected chi connectivity index (χ0v) is 8.48. The number of aldehydes is 1. The predicted octanol–water partition coefficient (Wildman–Crippen LogP) is 1.30. The Balaban J connectivity index is 2.58. The summed E-state index contributed by atoms with van der Waals surface area (Å²) in [5.74, 6) is 0.677. The number of carbonyl (C=O) groups is 1. The molecule has 0 saturated heterocycles. The lowest BCUT2D eigenvalue weighted by Gasteiger charge is -2.01. The number of nitrogens with zero attached hydrogens (tertiary/aromatic N) is 3. The molecule has 0 radical (unpaired) electrons. The van der Waals surface area contributed by atoms with Gasteiger partial charge in [0.2, 0.25) is 0 Å². The highest BCUT2D eigenvalue weighted by Gasteiger charge is 2.09. The fourth-order valence-electron chi connectivity index (χ4n) is 1.43. The van der Waals surface area contributed by atoms with E-state index in [1.54, 1.807) is 0 Å². The second-order valence-electron chi connectivity index (χ2n) is 3.26. The van der Waals surface area contributed by atoms with Crippen molar-refractivity contribution in [2.45, 2.75) is 13.8 Å². The lowest BCUT2D eigenvalue weighted by Crippen LogP contribution is -1.95. The van der Waals surface area contributed by atoms with Gasteiger partial charge in [0.1, 0.15) is 5.82 Å². The Bertz CT molecular complexity index is 484. The van der Waals surface area contributed by atoms with Crippen LogP contribution in [0.1, 0.15) is 21.9 Å². The van der Waals surface area contributed by atoms with Crippen molar-refractivity contribution in [3.05, 3.63) is 29.3 Å². The summed E-state index contributed by atoms with van der Waals surface area (Å²) in [5.41, 5.74) is 2.70. The first-order valence-corrected chi connectivity index (χ1v) is 4.52. The smallest absolute Gasteiger partial charge is 0.153 e.